The van der Waals surface area contributed by atoms with Gasteiger partial charge in [-0.25, -0.2) is 8.42 Å². The Morgan fingerprint density at radius 2 is 1.52 bits per heavy atom. The molecule has 0 fully saturated rings. The van der Waals surface area contributed by atoms with E-state index in [0.29, 0.717) is 22.7 Å². The highest BCUT2D eigenvalue weighted by molar-refractivity contribution is 7.92. The first-order chi connectivity index (χ1) is 14.6. The van der Waals surface area contributed by atoms with Crippen LogP contribution in [0.25, 0.3) is 0 Å². The van der Waals surface area contributed by atoms with Crippen LogP contribution in [0.5, 0.6) is 5.75 Å². The van der Waals surface area contributed by atoms with Crippen molar-refractivity contribution in [2.45, 2.75) is 32.6 Å². The summed E-state index contributed by atoms with van der Waals surface area (Å²) in [4.78, 5) is 12.9. The number of anilines is 2. The zero-order chi connectivity index (χ0) is 22.8. The van der Waals surface area contributed by atoms with Gasteiger partial charge in [-0.15, -0.1) is 0 Å². The van der Waals surface area contributed by atoms with Crippen LogP contribution in [0.1, 0.15) is 32.6 Å². The molecule has 0 saturated heterocycles. The van der Waals surface area contributed by atoms with E-state index in [9.17, 15) is 13.2 Å². The average molecular weight is 439 g/mol. The summed E-state index contributed by atoms with van der Waals surface area (Å²) in [6.07, 6.45) is 0. The Labute approximate surface area is 183 Å². The van der Waals surface area contributed by atoms with E-state index in [-0.39, 0.29) is 10.5 Å². The van der Waals surface area contributed by atoms with Crippen molar-refractivity contribution in [1.29, 1.82) is 0 Å². The molecule has 0 unspecified atom stereocenters. The molecule has 0 aliphatic rings. The van der Waals surface area contributed by atoms with E-state index < -0.39 is 15.9 Å². The Bertz CT molecular complexity index is 1230. The third-order valence-electron chi connectivity index (χ3n) is 4.82. The molecule has 3 aromatic carbocycles. The molecular weight excluding hydrogens is 412 g/mol. The first kappa shape index (κ1) is 22.4. The fraction of sp³-hybridized carbons (Fsp3) is 0.208. The van der Waals surface area contributed by atoms with Gasteiger partial charge in [0.1, 0.15) is 5.75 Å². The lowest BCUT2D eigenvalue weighted by Gasteiger charge is -2.14. The van der Waals surface area contributed by atoms with Gasteiger partial charge in [0.05, 0.1) is 17.7 Å². The van der Waals surface area contributed by atoms with Crippen LogP contribution in [0.15, 0.2) is 59.5 Å². The number of amides is 1. The molecule has 31 heavy (non-hydrogen) atoms. The molecule has 3 aromatic rings. The van der Waals surface area contributed by atoms with Crippen LogP contribution in [0, 0.1) is 27.7 Å². The van der Waals surface area contributed by atoms with Gasteiger partial charge in [0.25, 0.3) is 15.9 Å². The lowest BCUT2D eigenvalue weighted by molar-refractivity contribution is 0.102. The number of rotatable bonds is 6. The van der Waals surface area contributed by atoms with Gasteiger partial charge in [0, 0.05) is 11.3 Å². The lowest BCUT2D eigenvalue weighted by Crippen LogP contribution is -2.17. The number of sulfonamides is 1. The molecule has 0 aliphatic carbocycles. The predicted molar refractivity (Wildman–Crippen MR) is 124 cm³/mol. The van der Waals surface area contributed by atoms with Crippen molar-refractivity contribution >= 4 is 27.3 Å². The Hall–Kier alpha value is -3.32. The van der Waals surface area contributed by atoms with Gasteiger partial charge in [-0.3, -0.25) is 9.52 Å². The van der Waals surface area contributed by atoms with E-state index in [0.717, 1.165) is 16.7 Å². The van der Waals surface area contributed by atoms with Gasteiger partial charge in [-0.1, -0.05) is 18.2 Å². The minimum Gasteiger partial charge on any atom is -0.495 e. The molecule has 0 aromatic heterocycles. The maximum atomic E-state index is 13.1. The number of ether oxygens (including phenoxy) is 1. The zero-order valence-electron chi connectivity index (χ0n) is 18.2. The van der Waals surface area contributed by atoms with Gasteiger partial charge in [-0.05, 0) is 86.3 Å². The first-order valence-corrected chi connectivity index (χ1v) is 11.2. The molecule has 0 heterocycles. The van der Waals surface area contributed by atoms with Crippen molar-refractivity contribution in [3.8, 4) is 5.75 Å². The highest BCUT2D eigenvalue weighted by atomic mass is 32.2. The molecule has 3 rings (SSSR count). The number of benzene rings is 3. The van der Waals surface area contributed by atoms with Crippen molar-refractivity contribution in [2.24, 2.45) is 0 Å². The monoisotopic (exact) mass is 438 g/mol. The molecule has 0 saturated carbocycles. The summed E-state index contributed by atoms with van der Waals surface area (Å²) in [5, 5.41) is 2.80. The SMILES string of the molecule is COc1ccc(C)cc1NC(=O)c1ccc(C)c(S(=O)(=O)Nc2cc(C)cc(C)c2)c1. The number of methoxy groups -OCH3 is 1. The van der Waals surface area contributed by atoms with Crippen LogP contribution < -0.4 is 14.8 Å². The smallest absolute Gasteiger partial charge is 0.262 e. The molecule has 0 radical (unpaired) electrons. The van der Waals surface area contributed by atoms with Crippen molar-refractivity contribution in [1.82, 2.24) is 0 Å². The Kier molecular flexibility index (Phi) is 6.36. The fourth-order valence-corrected chi connectivity index (χ4v) is 4.70. The van der Waals surface area contributed by atoms with Gasteiger partial charge < -0.3 is 10.1 Å². The molecule has 0 atom stereocenters. The number of nitrogens with one attached hydrogen (secondary N) is 2. The fourth-order valence-electron chi connectivity index (χ4n) is 3.39. The summed E-state index contributed by atoms with van der Waals surface area (Å²) in [5.74, 6) is 0.0992. The topological polar surface area (TPSA) is 84.5 Å². The minimum absolute atomic E-state index is 0.0514. The third kappa shape index (κ3) is 5.24. The Balaban J connectivity index is 1.92. The van der Waals surface area contributed by atoms with Crippen molar-refractivity contribution in [3.63, 3.8) is 0 Å². The summed E-state index contributed by atoms with van der Waals surface area (Å²) < 4.78 is 34.0. The Morgan fingerprint density at radius 1 is 0.839 bits per heavy atom. The van der Waals surface area contributed by atoms with E-state index >= 15 is 0 Å². The van der Waals surface area contributed by atoms with Crippen LogP contribution in [-0.2, 0) is 10.0 Å². The van der Waals surface area contributed by atoms with Crippen molar-refractivity contribution < 1.29 is 17.9 Å². The van der Waals surface area contributed by atoms with Crippen LogP contribution in [0.2, 0.25) is 0 Å². The van der Waals surface area contributed by atoms with Gasteiger partial charge in [0.2, 0.25) is 0 Å². The van der Waals surface area contributed by atoms with Crippen molar-refractivity contribution in [3.05, 3.63) is 82.4 Å². The third-order valence-corrected chi connectivity index (χ3v) is 6.34. The van der Waals surface area contributed by atoms with Crippen LogP contribution in [-0.4, -0.2) is 21.4 Å². The summed E-state index contributed by atoms with van der Waals surface area (Å²) >= 11 is 0. The molecule has 6 nitrogen and oxygen atoms in total. The number of hydrogen-bond donors (Lipinski definition) is 2. The van der Waals surface area contributed by atoms with Gasteiger partial charge in [-0.2, -0.15) is 0 Å². The lowest BCUT2D eigenvalue weighted by atomic mass is 10.1. The summed E-state index contributed by atoms with van der Waals surface area (Å²) in [5.41, 5.74) is 4.64. The largest absolute Gasteiger partial charge is 0.495 e. The maximum Gasteiger partial charge on any atom is 0.262 e. The molecule has 0 bridgehead atoms. The second-order valence-corrected chi connectivity index (χ2v) is 9.27. The second-order valence-electron chi connectivity index (χ2n) is 7.62. The van der Waals surface area contributed by atoms with E-state index in [2.05, 4.69) is 10.0 Å². The maximum absolute atomic E-state index is 13.1. The molecule has 0 aliphatic heterocycles. The van der Waals surface area contributed by atoms with E-state index in [4.69, 9.17) is 4.74 Å². The van der Waals surface area contributed by atoms with Crippen molar-refractivity contribution in [2.75, 3.05) is 17.1 Å². The normalized spacial score (nSPS) is 11.1. The quantitative estimate of drug-likeness (QED) is 0.568. The van der Waals surface area contributed by atoms with Gasteiger partial charge in [0.15, 0.2) is 0 Å². The predicted octanol–water partition coefficient (Wildman–Crippen LogP) is 4.98. The first-order valence-electron chi connectivity index (χ1n) is 9.77. The van der Waals surface area contributed by atoms with Crippen LogP contribution >= 0.6 is 0 Å². The van der Waals surface area contributed by atoms with Crippen LogP contribution in [0.4, 0.5) is 11.4 Å². The number of carbonyl (C=O) groups excluding carboxylic acids is 1. The zero-order valence-corrected chi connectivity index (χ0v) is 19.1. The molecule has 0 spiro atoms. The number of hydrogen-bond acceptors (Lipinski definition) is 4. The second kappa shape index (κ2) is 8.81. The standard InChI is InChI=1S/C24H26N2O4S/c1-15-6-9-22(30-5)21(13-15)25-24(27)19-8-7-18(4)23(14-19)31(28,29)26-20-11-16(2)10-17(3)12-20/h6-14,26H,1-5H3,(H,25,27). The summed E-state index contributed by atoms with van der Waals surface area (Å²) in [6, 6.07) is 15.5. The molecule has 162 valence electrons. The molecular formula is C24H26N2O4S. The van der Waals surface area contributed by atoms with E-state index in [1.807, 2.05) is 32.9 Å². The highest BCUT2D eigenvalue weighted by Gasteiger charge is 2.20. The number of aryl methyl sites for hydroxylation is 4. The minimum atomic E-state index is -3.88. The van der Waals surface area contributed by atoms with E-state index in [1.165, 1.54) is 13.2 Å². The average Bonchev–Trinajstić information content (AvgIpc) is 2.67. The van der Waals surface area contributed by atoms with Gasteiger partial charge >= 0.3 is 0 Å². The molecule has 1 amide bonds. The van der Waals surface area contributed by atoms with E-state index in [1.54, 1.807) is 43.3 Å². The highest BCUT2D eigenvalue weighted by Crippen LogP contribution is 2.27. The summed E-state index contributed by atoms with van der Waals surface area (Å²) in [6.45, 7) is 7.41. The van der Waals surface area contributed by atoms with Crippen LogP contribution in [0.3, 0.4) is 0 Å². The number of carbonyl (C=O) groups is 1. The molecule has 7 heteroatoms. The summed E-state index contributed by atoms with van der Waals surface area (Å²) in [7, 11) is -2.36. The molecule has 2 N–H and O–H groups in total. The Morgan fingerprint density at radius 3 is 2.16 bits per heavy atom.